The molecule has 0 saturated heterocycles. The predicted molar refractivity (Wildman–Crippen MR) is 68.0 cm³/mol. The van der Waals surface area contributed by atoms with E-state index in [0.29, 0.717) is 11.1 Å². The molecule has 1 aromatic carbocycles. The van der Waals surface area contributed by atoms with Gasteiger partial charge in [-0.15, -0.1) is 0 Å². The molecule has 0 spiro atoms. The second-order valence-electron chi connectivity index (χ2n) is 3.81. The molecule has 96 valence electrons. The number of aliphatic hydroxyl groups excluding tert-OH is 1. The van der Waals surface area contributed by atoms with Gasteiger partial charge < -0.3 is 5.11 Å². The first-order valence-electron chi connectivity index (χ1n) is 5.59. The van der Waals surface area contributed by atoms with Crippen molar-refractivity contribution in [1.29, 1.82) is 0 Å². The van der Waals surface area contributed by atoms with Crippen molar-refractivity contribution in [3.05, 3.63) is 64.1 Å². The standard InChI is InChI=1S/C14H11FN2O2/c15-13-4-3-12(11(8-13)2-1-7-18)9-17-10-16-6-5-14(17)19/h3-6,8,10,18H,7,9H2. The van der Waals surface area contributed by atoms with Crippen LogP contribution in [0.4, 0.5) is 4.39 Å². The average Bonchev–Trinajstić information content (AvgIpc) is 2.41. The monoisotopic (exact) mass is 258 g/mol. The molecular weight excluding hydrogens is 247 g/mol. The van der Waals surface area contributed by atoms with Crippen LogP contribution >= 0.6 is 0 Å². The maximum Gasteiger partial charge on any atom is 0.253 e. The molecule has 0 radical (unpaired) electrons. The Balaban J connectivity index is 2.40. The summed E-state index contributed by atoms with van der Waals surface area (Å²) >= 11 is 0. The van der Waals surface area contributed by atoms with Gasteiger partial charge in [0.25, 0.3) is 5.56 Å². The molecular formula is C14H11FN2O2. The molecule has 0 aliphatic carbocycles. The third-order valence-corrected chi connectivity index (χ3v) is 2.51. The van der Waals surface area contributed by atoms with Crippen LogP contribution in [-0.2, 0) is 6.54 Å². The minimum Gasteiger partial charge on any atom is -0.384 e. The van der Waals surface area contributed by atoms with Gasteiger partial charge >= 0.3 is 0 Å². The lowest BCUT2D eigenvalue weighted by Gasteiger charge is -2.07. The smallest absolute Gasteiger partial charge is 0.253 e. The number of hydrogen-bond acceptors (Lipinski definition) is 3. The van der Waals surface area contributed by atoms with Gasteiger partial charge in [-0.3, -0.25) is 9.36 Å². The van der Waals surface area contributed by atoms with Crippen molar-refractivity contribution < 1.29 is 9.50 Å². The van der Waals surface area contributed by atoms with Crippen LogP contribution in [0, 0.1) is 17.7 Å². The molecule has 1 aromatic heterocycles. The second kappa shape index (κ2) is 5.94. The fraction of sp³-hybridized carbons (Fsp3) is 0.143. The zero-order chi connectivity index (χ0) is 13.7. The number of aromatic nitrogens is 2. The van der Waals surface area contributed by atoms with Gasteiger partial charge in [-0.2, -0.15) is 0 Å². The molecule has 1 N–H and O–H groups in total. The summed E-state index contributed by atoms with van der Waals surface area (Å²) in [5, 5.41) is 8.69. The maximum absolute atomic E-state index is 13.2. The normalized spacial score (nSPS) is 9.79. The molecule has 19 heavy (non-hydrogen) atoms. The molecule has 0 aliphatic rings. The molecule has 1 heterocycles. The Labute approximate surface area is 109 Å². The summed E-state index contributed by atoms with van der Waals surface area (Å²) in [4.78, 5) is 15.5. The Morgan fingerprint density at radius 2 is 2.21 bits per heavy atom. The minimum atomic E-state index is -0.412. The third kappa shape index (κ3) is 3.27. The zero-order valence-corrected chi connectivity index (χ0v) is 10.0. The van der Waals surface area contributed by atoms with Crippen molar-refractivity contribution in [1.82, 2.24) is 9.55 Å². The molecule has 0 saturated carbocycles. The molecule has 0 unspecified atom stereocenters. The van der Waals surface area contributed by atoms with E-state index in [-0.39, 0.29) is 18.7 Å². The first kappa shape index (κ1) is 13.0. The van der Waals surface area contributed by atoms with Crippen LogP contribution in [0.1, 0.15) is 11.1 Å². The quantitative estimate of drug-likeness (QED) is 0.810. The van der Waals surface area contributed by atoms with E-state index in [9.17, 15) is 9.18 Å². The van der Waals surface area contributed by atoms with Gasteiger partial charge in [-0.05, 0) is 17.7 Å². The molecule has 0 aliphatic heterocycles. The lowest BCUT2D eigenvalue weighted by Crippen LogP contribution is -2.19. The van der Waals surface area contributed by atoms with Crippen molar-refractivity contribution >= 4 is 0 Å². The van der Waals surface area contributed by atoms with Crippen LogP contribution in [0.5, 0.6) is 0 Å². The van der Waals surface area contributed by atoms with Crippen molar-refractivity contribution in [3.63, 3.8) is 0 Å². The Hall–Kier alpha value is -2.45. The fourth-order valence-electron chi connectivity index (χ4n) is 1.62. The van der Waals surface area contributed by atoms with Gasteiger partial charge in [0.1, 0.15) is 12.4 Å². The highest BCUT2D eigenvalue weighted by atomic mass is 19.1. The van der Waals surface area contributed by atoms with Gasteiger partial charge in [0.2, 0.25) is 0 Å². The number of hydrogen-bond donors (Lipinski definition) is 1. The largest absolute Gasteiger partial charge is 0.384 e. The van der Waals surface area contributed by atoms with Crippen molar-refractivity contribution in [3.8, 4) is 11.8 Å². The SMILES string of the molecule is O=c1ccncn1Cc1ccc(F)cc1C#CCO. The summed E-state index contributed by atoms with van der Waals surface area (Å²) in [6.07, 6.45) is 2.82. The molecule has 0 amide bonds. The highest BCUT2D eigenvalue weighted by molar-refractivity contribution is 5.42. The van der Waals surface area contributed by atoms with E-state index in [1.54, 1.807) is 6.07 Å². The second-order valence-corrected chi connectivity index (χ2v) is 3.81. The van der Waals surface area contributed by atoms with Gasteiger partial charge in [0.05, 0.1) is 12.9 Å². The zero-order valence-electron chi connectivity index (χ0n) is 10.0. The van der Waals surface area contributed by atoms with Crippen molar-refractivity contribution in [2.24, 2.45) is 0 Å². The Morgan fingerprint density at radius 1 is 1.37 bits per heavy atom. The highest BCUT2D eigenvalue weighted by Gasteiger charge is 2.04. The minimum absolute atomic E-state index is 0.194. The Morgan fingerprint density at radius 3 is 2.95 bits per heavy atom. The summed E-state index contributed by atoms with van der Waals surface area (Å²) in [6, 6.07) is 5.50. The highest BCUT2D eigenvalue weighted by Crippen LogP contribution is 2.11. The molecule has 0 bridgehead atoms. The van der Waals surface area contributed by atoms with Crippen molar-refractivity contribution in [2.45, 2.75) is 6.54 Å². The van der Waals surface area contributed by atoms with Gasteiger partial charge in [-0.1, -0.05) is 17.9 Å². The Bertz CT molecular complexity index is 698. The predicted octanol–water partition coefficient (Wildman–Crippen LogP) is 0.775. The summed E-state index contributed by atoms with van der Waals surface area (Å²) < 4.78 is 14.6. The number of benzene rings is 1. The first-order valence-corrected chi connectivity index (χ1v) is 5.59. The van der Waals surface area contributed by atoms with Crippen molar-refractivity contribution in [2.75, 3.05) is 6.61 Å². The molecule has 0 atom stereocenters. The molecule has 0 fully saturated rings. The number of nitrogens with zero attached hydrogens (tertiary/aromatic N) is 2. The van der Waals surface area contributed by atoms with Gasteiger partial charge in [-0.25, -0.2) is 9.37 Å². The first-order chi connectivity index (χ1) is 9.20. The molecule has 4 nitrogen and oxygen atoms in total. The van der Waals surface area contributed by atoms with E-state index >= 15 is 0 Å². The van der Waals surface area contributed by atoms with Crippen LogP contribution in [0.3, 0.4) is 0 Å². The van der Waals surface area contributed by atoms with E-state index < -0.39 is 5.82 Å². The van der Waals surface area contributed by atoms with E-state index in [1.165, 1.54) is 35.3 Å². The Kier molecular flexibility index (Phi) is 4.06. The van der Waals surface area contributed by atoms with E-state index in [1.807, 2.05) is 0 Å². The van der Waals surface area contributed by atoms with Crippen LogP contribution < -0.4 is 5.56 Å². The van der Waals surface area contributed by atoms with E-state index in [0.717, 1.165) is 0 Å². The van der Waals surface area contributed by atoms with Crippen LogP contribution in [0.2, 0.25) is 0 Å². The summed E-state index contributed by atoms with van der Waals surface area (Å²) in [7, 11) is 0. The lowest BCUT2D eigenvalue weighted by atomic mass is 10.1. The van der Waals surface area contributed by atoms with E-state index in [2.05, 4.69) is 16.8 Å². The topological polar surface area (TPSA) is 55.1 Å². The maximum atomic E-state index is 13.2. The summed E-state index contributed by atoms with van der Waals surface area (Å²) in [5.41, 5.74) is 0.947. The number of halogens is 1. The molecule has 2 aromatic rings. The third-order valence-electron chi connectivity index (χ3n) is 2.51. The summed E-state index contributed by atoms with van der Waals surface area (Å²) in [6.45, 7) is -0.0504. The van der Waals surface area contributed by atoms with E-state index in [4.69, 9.17) is 5.11 Å². The van der Waals surface area contributed by atoms with Gasteiger partial charge in [0.15, 0.2) is 0 Å². The average molecular weight is 258 g/mol. The fourth-order valence-corrected chi connectivity index (χ4v) is 1.62. The number of aliphatic hydroxyl groups is 1. The van der Waals surface area contributed by atoms with Crippen LogP contribution in [0.25, 0.3) is 0 Å². The molecule has 5 heteroatoms. The lowest BCUT2D eigenvalue weighted by molar-refractivity contribution is 0.350. The van der Waals surface area contributed by atoms with Gasteiger partial charge in [0, 0.05) is 17.8 Å². The van der Waals surface area contributed by atoms with Crippen LogP contribution in [0.15, 0.2) is 41.6 Å². The van der Waals surface area contributed by atoms with Crippen LogP contribution in [-0.4, -0.2) is 21.3 Å². The molecule has 2 rings (SSSR count). The number of rotatable bonds is 2. The summed E-state index contributed by atoms with van der Waals surface area (Å²) in [5.74, 6) is 4.72.